The van der Waals surface area contributed by atoms with E-state index in [1.807, 2.05) is 36.6 Å². The number of benzene rings is 1. The average Bonchev–Trinajstić information content (AvgIpc) is 2.62. The summed E-state index contributed by atoms with van der Waals surface area (Å²) in [6.45, 7) is 2.55. The lowest BCUT2D eigenvalue weighted by Gasteiger charge is -2.03. The molecule has 4 heteroatoms. The molecule has 0 amide bonds. The van der Waals surface area contributed by atoms with Crippen LogP contribution in [0, 0.1) is 10.5 Å². The number of halogens is 1. The Morgan fingerprint density at radius 1 is 1.47 bits per heavy atom. The van der Waals surface area contributed by atoms with Gasteiger partial charge >= 0.3 is 0 Å². The summed E-state index contributed by atoms with van der Waals surface area (Å²) in [5.74, 6) is 0.896. The second-order valence-electron chi connectivity index (χ2n) is 3.10. The van der Waals surface area contributed by atoms with Crippen LogP contribution in [0.25, 0.3) is 0 Å². The lowest BCUT2D eigenvalue weighted by molar-refractivity contribution is 0.302. The minimum atomic E-state index is 0.546. The fourth-order valence-corrected chi connectivity index (χ4v) is 2.30. The van der Waals surface area contributed by atoms with Gasteiger partial charge in [-0.15, -0.1) is 11.3 Å². The van der Waals surface area contributed by atoms with Crippen LogP contribution in [-0.4, -0.2) is 4.98 Å². The summed E-state index contributed by atoms with van der Waals surface area (Å²) < 4.78 is 6.81. The van der Waals surface area contributed by atoms with Crippen molar-refractivity contribution in [2.24, 2.45) is 0 Å². The third kappa shape index (κ3) is 3.17. The number of ether oxygens (including phenoxy) is 1. The van der Waals surface area contributed by atoms with Gasteiger partial charge in [-0.2, -0.15) is 0 Å². The number of rotatable bonds is 3. The van der Waals surface area contributed by atoms with E-state index in [9.17, 15) is 0 Å². The van der Waals surface area contributed by atoms with Crippen LogP contribution < -0.4 is 4.74 Å². The molecule has 0 fully saturated rings. The van der Waals surface area contributed by atoms with Crippen molar-refractivity contribution in [1.82, 2.24) is 4.98 Å². The van der Waals surface area contributed by atoms with E-state index in [0.29, 0.717) is 6.61 Å². The number of hydrogen-bond donors (Lipinski definition) is 0. The van der Waals surface area contributed by atoms with Gasteiger partial charge in [0.1, 0.15) is 12.4 Å². The number of hydrogen-bond acceptors (Lipinski definition) is 3. The minimum Gasteiger partial charge on any atom is -0.487 e. The lowest BCUT2D eigenvalue weighted by atomic mass is 10.3. The van der Waals surface area contributed by atoms with Crippen LogP contribution in [0.3, 0.4) is 0 Å². The maximum Gasteiger partial charge on any atom is 0.131 e. The maximum atomic E-state index is 5.63. The molecule has 0 bridgehead atoms. The summed E-state index contributed by atoms with van der Waals surface area (Å²) in [5, 5.41) is 3.11. The molecule has 0 atom stereocenters. The molecule has 1 aromatic carbocycles. The fraction of sp³-hybridized carbons (Fsp3) is 0.182. The van der Waals surface area contributed by atoms with Crippen molar-refractivity contribution >= 4 is 33.9 Å². The van der Waals surface area contributed by atoms with Gasteiger partial charge in [0.2, 0.25) is 0 Å². The Morgan fingerprint density at radius 3 is 3.00 bits per heavy atom. The van der Waals surface area contributed by atoms with Crippen LogP contribution >= 0.6 is 33.9 Å². The van der Waals surface area contributed by atoms with Crippen LogP contribution in [0.5, 0.6) is 5.75 Å². The van der Waals surface area contributed by atoms with Gasteiger partial charge < -0.3 is 4.74 Å². The molecular weight excluding hydrogens is 321 g/mol. The highest BCUT2D eigenvalue weighted by Gasteiger charge is 1.99. The molecule has 2 nitrogen and oxygen atoms in total. The first kappa shape index (κ1) is 10.9. The quantitative estimate of drug-likeness (QED) is 0.801. The summed E-state index contributed by atoms with van der Waals surface area (Å²) in [5.41, 5.74) is 0.997. The zero-order valence-electron chi connectivity index (χ0n) is 8.24. The van der Waals surface area contributed by atoms with E-state index in [0.717, 1.165) is 16.5 Å². The molecule has 0 aliphatic rings. The van der Waals surface area contributed by atoms with Crippen molar-refractivity contribution in [2.75, 3.05) is 0 Å². The van der Waals surface area contributed by atoms with Gasteiger partial charge in [-0.3, -0.25) is 0 Å². The molecule has 2 aromatic rings. The smallest absolute Gasteiger partial charge is 0.131 e. The molecule has 0 aliphatic heterocycles. The van der Waals surface area contributed by atoms with Crippen LogP contribution in [0.1, 0.15) is 10.7 Å². The number of aromatic nitrogens is 1. The molecule has 0 spiro atoms. The van der Waals surface area contributed by atoms with Crippen LogP contribution in [0.15, 0.2) is 29.6 Å². The van der Waals surface area contributed by atoms with Gasteiger partial charge in [-0.05, 0) is 47.7 Å². The highest BCUT2D eigenvalue weighted by Crippen LogP contribution is 2.17. The van der Waals surface area contributed by atoms with Gasteiger partial charge in [0, 0.05) is 8.95 Å². The van der Waals surface area contributed by atoms with Crippen molar-refractivity contribution < 1.29 is 4.74 Å². The maximum absolute atomic E-state index is 5.63. The Hall–Kier alpha value is -0.620. The van der Waals surface area contributed by atoms with Crippen molar-refractivity contribution in [3.8, 4) is 5.75 Å². The number of aryl methyl sites for hydroxylation is 1. The topological polar surface area (TPSA) is 22.1 Å². The fourth-order valence-electron chi connectivity index (χ4n) is 1.19. The van der Waals surface area contributed by atoms with Gasteiger partial charge in [0.25, 0.3) is 0 Å². The van der Waals surface area contributed by atoms with Crippen LogP contribution in [0.2, 0.25) is 0 Å². The molecule has 78 valence electrons. The van der Waals surface area contributed by atoms with E-state index >= 15 is 0 Å². The Labute approximate surface area is 106 Å². The van der Waals surface area contributed by atoms with Crippen LogP contribution in [0.4, 0.5) is 0 Å². The standard InChI is InChI=1S/C11H10INOS/c1-8-13-10(7-15-8)6-14-11-4-2-3-9(12)5-11/h2-5,7H,6H2,1H3. The van der Waals surface area contributed by atoms with E-state index in [-0.39, 0.29) is 0 Å². The average molecular weight is 331 g/mol. The van der Waals surface area contributed by atoms with Gasteiger partial charge in [0.05, 0.1) is 10.7 Å². The Bertz CT molecular complexity index is 455. The zero-order chi connectivity index (χ0) is 10.7. The first-order chi connectivity index (χ1) is 7.24. The molecule has 0 aliphatic carbocycles. The summed E-state index contributed by atoms with van der Waals surface area (Å²) in [4.78, 5) is 4.34. The van der Waals surface area contributed by atoms with E-state index in [1.54, 1.807) is 11.3 Å². The summed E-state index contributed by atoms with van der Waals surface area (Å²) in [7, 11) is 0. The van der Waals surface area contributed by atoms with E-state index in [2.05, 4.69) is 27.6 Å². The molecule has 0 N–H and O–H groups in total. The highest BCUT2D eigenvalue weighted by atomic mass is 127. The van der Waals surface area contributed by atoms with Crippen molar-refractivity contribution in [3.05, 3.63) is 43.9 Å². The number of nitrogens with zero attached hydrogens (tertiary/aromatic N) is 1. The second kappa shape index (κ2) is 4.94. The van der Waals surface area contributed by atoms with E-state index in [4.69, 9.17) is 4.74 Å². The first-order valence-electron chi connectivity index (χ1n) is 4.53. The third-order valence-electron chi connectivity index (χ3n) is 1.85. The Morgan fingerprint density at radius 2 is 2.33 bits per heavy atom. The number of thiazole rings is 1. The SMILES string of the molecule is Cc1nc(COc2cccc(I)c2)cs1. The zero-order valence-corrected chi connectivity index (χ0v) is 11.2. The normalized spacial score (nSPS) is 10.3. The Balaban J connectivity index is 1.99. The summed E-state index contributed by atoms with van der Waals surface area (Å²) in [6.07, 6.45) is 0. The lowest BCUT2D eigenvalue weighted by Crippen LogP contribution is -1.95. The van der Waals surface area contributed by atoms with Gasteiger partial charge in [-0.1, -0.05) is 6.07 Å². The molecule has 1 aromatic heterocycles. The minimum absolute atomic E-state index is 0.546. The van der Waals surface area contributed by atoms with Gasteiger partial charge in [0.15, 0.2) is 0 Å². The van der Waals surface area contributed by atoms with E-state index in [1.165, 1.54) is 3.57 Å². The predicted octanol–water partition coefficient (Wildman–Crippen LogP) is 3.64. The molecule has 0 unspecified atom stereocenters. The Kier molecular flexibility index (Phi) is 3.58. The molecule has 15 heavy (non-hydrogen) atoms. The van der Waals surface area contributed by atoms with Crippen molar-refractivity contribution in [3.63, 3.8) is 0 Å². The van der Waals surface area contributed by atoms with Crippen LogP contribution in [-0.2, 0) is 6.61 Å². The largest absolute Gasteiger partial charge is 0.487 e. The molecule has 0 radical (unpaired) electrons. The summed E-state index contributed by atoms with van der Waals surface area (Å²) >= 11 is 3.92. The molecule has 2 rings (SSSR count). The molecule has 0 saturated carbocycles. The molecule has 0 saturated heterocycles. The predicted molar refractivity (Wildman–Crippen MR) is 70.3 cm³/mol. The third-order valence-corrected chi connectivity index (χ3v) is 3.34. The molecule has 1 heterocycles. The monoisotopic (exact) mass is 331 g/mol. The highest BCUT2D eigenvalue weighted by molar-refractivity contribution is 14.1. The van der Waals surface area contributed by atoms with Crippen molar-refractivity contribution in [2.45, 2.75) is 13.5 Å². The first-order valence-corrected chi connectivity index (χ1v) is 6.49. The van der Waals surface area contributed by atoms with Gasteiger partial charge in [-0.25, -0.2) is 4.98 Å². The summed E-state index contributed by atoms with van der Waals surface area (Å²) in [6, 6.07) is 8.00. The van der Waals surface area contributed by atoms with Crippen molar-refractivity contribution in [1.29, 1.82) is 0 Å². The molecular formula is C11H10INOS. The van der Waals surface area contributed by atoms with E-state index < -0.39 is 0 Å². The second-order valence-corrected chi connectivity index (χ2v) is 5.41.